The molecule has 0 saturated carbocycles. The van der Waals surface area contributed by atoms with Gasteiger partial charge in [-0.2, -0.15) is 0 Å². The lowest BCUT2D eigenvalue weighted by molar-refractivity contribution is 0.0645. The summed E-state index contributed by atoms with van der Waals surface area (Å²) >= 11 is 9.71. The molecule has 1 N–H and O–H groups in total. The van der Waals surface area contributed by atoms with Crippen molar-refractivity contribution in [2.75, 3.05) is 7.11 Å². The number of ether oxygens (including phenoxy) is 2. The van der Waals surface area contributed by atoms with Crippen LogP contribution in [0.4, 0.5) is 0 Å². The molecule has 1 heterocycles. The zero-order valence-corrected chi connectivity index (χ0v) is 13.7. The summed E-state index contributed by atoms with van der Waals surface area (Å²) in [7, 11) is 1.60. The zero-order valence-electron chi connectivity index (χ0n) is 11.3. The van der Waals surface area contributed by atoms with Gasteiger partial charge in [0.1, 0.15) is 17.6 Å². The van der Waals surface area contributed by atoms with Crippen molar-refractivity contribution >= 4 is 27.5 Å². The normalized spacial score (nSPS) is 20.6. The second-order valence-corrected chi connectivity index (χ2v) is 6.22. The Morgan fingerprint density at radius 2 is 2.14 bits per heavy atom. The molecule has 3 nitrogen and oxygen atoms in total. The molecule has 110 valence electrons. The quantitative estimate of drug-likeness (QED) is 0.836. The van der Waals surface area contributed by atoms with Crippen LogP contribution in [-0.4, -0.2) is 12.2 Å². The maximum absolute atomic E-state index is 10.4. The molecular weight excluding hydrogens is 356 g/mol. The highest BCUT2D eigenvalue weighted by atomic mass is 79.9. The number of rotatable bonds is 2. The number of hydrogen-bond donors (Lipinski definition) is 1. The van der Waals surface area contributed by atoms with Gasteiger partial charge >= 0.3 is 0 Å². The second-order valence-electron chi connectivity index (χ2n) is 4.90. The molecule has 0 radical (unpaired) electrons. The van der Waals surface area contributed by atoms with E-state index in [1.165, 1.54) is 0 Å². The molecule has 3 rings (SSSR count). The maximum atomic E-state index is 10.4. The van der Waals surface area contributed by atoms with E-state index in [-0.39, 0.29) is 6.10 Å². The fourth-order valence-corrected chi connectivity index (χ4v) is 3.23. The number of methoxy groups -OCH3 is 1. The highest BCUT2D eigenvalue weighted by molar-refractivity contribution is 9.10. The Bertz CT molecular complexity index is 675. The molecule has 2 atom stereocenters. The Hall–Kier alpha value is -1.23. The van der Waals surface area contributed by atoms with Crippen LogP contribution in [0.1, 0.15) is 29.8 Å². The number of halogens is 2. The van der Waals surface area contributed by atoms with Crippen molar-refractivity contribution in [1.82, 2.24) is 0 Å². The molecule has 1 aliphatic rings. The fourth-order valence-electron chi connectivity index (χ4n) is 2.60. The standard InChI is InChI=1S/C16H14BrClO3/c1-20-13-4-2-3-11(18)16(13)15-8-12(19)10-6-5-9(17)7-14(10)21-15/h2-7,12,15,19H,8H2,1H3. The predicted molar refractivity (Wildman–Crippen MR) is 85.1 cm³/mol. The van der Waals surface area contributed by atoms with Crippen molar-refractivity contribution in [3.63, 3.8) is 0 Å². The molecule has 1 aliphatic heterocycles. The molecule has 2 aromatic carbocycles. The molecule has 0 fully saturated rings. The average Bonchev–Trinajstić information content (AvgIpc) is 2.46. The van der Waals surface area contributed by atoms with Gasteiger partial charge in [-0.1, -0.05) is 39.7 Å². The topological polar surface area (TPSA) is 38.7 Å². The Morgan fingerprint density at radius 1 is 1.33 bits per heavy atom. The Morgan fingerprint density at radius 3 is 2.90 bits per heavy atom. The lowest BCUT2D eigenvalue weighted by atomic mass is 9.94. The third-order valence-corrected chi connectivity index (χ3v) is 4.42. The molecule has 0 spiro atoms. The lowest BCUT2D eigenvalue weighted by Gasteiger charge is -2.31. The summed E-state index contributed by atoms with van der Waals surface area (Å²) in [6.45, 7) is 0. The molecule has 0 bridgehead atoms. The average molecular weight is 370 g/mol. The summed E-state index contributed by atoms with van der Waals surface area (Å²) in [5, 5.41) is 10.9. The number of aliphatic hydroxyl groups is 1. The number of aliphatic hydroxyl groups excluding tert-OH is 1. The molecule has 2 aromatic rings. The molecule has 0 aromatic heterocycles. The zero-order chi connectivity index (χ0) is 15.0. The summed E-state index contributed by atoms with van der Waals surface area (Å²) < 4.78 is 12.3. The largest absolute Gasteiger partial charge is 0.496 e. The van der Waals surface area contributed by atoms with Crippen LogP contribution in [0, 0.1) is 0 Å². The summed E-state index contributed by atoms with van der Waals surface area (Å²) in [5.41, 5.74) is 1.56. The third-order valence-electron chi connectivity index (χ3n) is 3.60. The van der Waals surface area contributed by atoms with Crippen molar-refractivity contribution in [3.05, 3.63) is 57.0 Å². The molecule has 21 heavy (non-hydrogen) atoms. The molecule has 0 saturated heterocycles. The van der Waals surface area contributed by atoms with Gasteiger partial charge in [0.05, 0.1) is 23.8 Å². The van der Waals surface area contributed by atoms with Gasteiger partial charge in [-0.3, -0.25) is 0 Å². The number of fused-ring (bicyclic) bond motifs is 1. The van der Waals surface area contributed by atoms with Crippen molar-refractivity contribution in [1.29, 1.82) is 0 Å². The minimum atomic E-state index is -0.590. The van der Waals surface area contributed by atoms with E-state index < -0.39 is 6.10 Å². The minimum absolute atomic E-state index is 0.342. The van der Waals surface area contributed by atoms with E-state index >= 15 is 0 Å². The van der Waals surface area contributed by atoms with Gasteiger partial charge in [0, 0.05) is 16.5 Å². The second kappa shape index (κ2) is 5.87. The van der Waals surface area contributed by atoms with Gasteiger partial charge < -0.3 is 14.6 Å². The van der Waals surface area contributed by atoms with Crippen molar-refractivity contribution in [2.24, 2.45) is 0 Å². The maximum Gasteiger partial charge on any atom is 0.132 e. The van der Waals surface area contributed by atoms with Gasteiger partial charge in [-0.25, -0.2) is 0 Å². The van der Waals surface area contributed by atoms with Crippen LogP contribution in [-0.2, 0) is 0 Å². The minimum Gasteiger partial charge on any atom is -0.496 e. The monoisotopic (exact) mass is 368 g/mol. The fraction of sp³-hybridized carbons (Fsp3) is 0.250. The number of benzene rings is 2. The smallest absolute Gasteiger partial charge is 0.132 e. The van der Waals surface area contributed by atoms with Crippen LogP contribution in [0.2, 0.25) is 5.02 Å². The summed E-state index contributed by atoms with van der Waals surface area (Å²) in [4.78, 5) is 0. The first-order valence-corrected chi connectivity index (χ1v) is 7.74. The summed E-state index contributed by atoms with van der Waals surface area (Å²) in [6, 6.07) is 11.1. The summed E-state index contributed by atoms with van der Waals surface area (Å²) in [6.07, 6.45) is -0.493. The van der Waals surface area contributed by atoms with Crippen molar-refractivity contribution in [3.8, 4) is 11.5 Å². The van der Waals surface area contributed by atoms with Crippen LogP contribution >= 0.6 is 27.5 Å². The highest BCUT2D eigenvalue weighted by Gasteiger charge is 2.31. The van der Waals surface area contributed by atoms with Crippen molar-refractivity contribution < 1.29 is 14.6 Å². The van der Waals surface area contributed by atoms with E-state index in [2.05, 4.69) is 15.9 Å². The molecule has 0 aliphatic carbocycles. The molecule has 5 heteroatoms. The number of hydrogen-bond acceptors (Lipinski definition) is 3. The van der Waals surface area contributed by atoms with Crippen LogP contribution < -0.4 is 9.47 Å². The third kappa shape index (κ3) is 2.76. The van der Waals surface area contributed by atoms with Gasteiger partial charge in [-0.05, 0) is 24.3 Å². The first-order valence-electron chi connectivity index (χ1n) is 6.56. The van der Waals surface area contributed by atoms with E-state index in [1.54, 1.807) is 13.2 Å². The van der Waals surface area contributed by atoms with Crippen LogP contribution in [0.5, 0.6) is 11.5 Å². The van der Waals surface area contributed by atoms with E-state index in [4.69, 9.17) is 21.1 Å². The Labute approximate surface area is 136 Å². The molecular formula is C16H14BrClO3. The van der Waals surface area contributed by atoms with Gasteiger partial charge in [-0.15, -0.1) is 0 Å². The molecule has 0 amide bonds. The van der Waals surface area contributed by atoms with E-state index in [9.17, 15) is 5.11 Å². The van der Waals surface area contributed by atoms with Gasteiger partial charge in [0.15, 0.2) is 0 Å². The lowest BCUT2D eigenvalue weighted by Crippen LogP contribution is -2.20. The van der Waals surface area contributed by atoms with Gasteiger partial charge in [0.2, 0.25) is 0 Å². The molecule has 2 unspecified atom stereocenters. The van der Waals surface area contributed by atoms with E-state index in [1.807, 2.05) is 30.3 Å². The van der Waals surface area contributed by atoms with Crippen LogP contribution in [0.15, 0.2) is 40.9 Å². The predicted octanol–water partition coefficient (Wildman–Crippen LogP) is 4.67. The Balaban J connectivity index is 2.03. The van der Waals surface area contributed by atoms with Gasteiger partial charge in [0.25, 0.3) is 0 Å². The SMILES string of the molecule is COc1cccc(Cl)c1C1CC(O)c2ccc(Br)cc2O1. The van der Waals surface area contributed by atoms with E-state index in [0.717, 1.165) is 15.6 Å². The van der Waals surface area contributed by atoms with Crippen molar-refractivity contribution in [2.45, 2.75) is 18.6 Å². The first-order chi connectivity index (χ1) is 10.1. The Kier molecular flexibility index (Phi) is 4.11. The highest BCUT2D eigenvalue weighted by Crippen LogP contribution is 2.45. The van der Waals surface area contributed by atoms with Crippen LogP contribution in [0.25, 0.3) is 0 Å². The summed E-state index contributed by atoms with van der Waals surface area (Å²) in [5.74, 6) is 1.33. The van der Waals surface area contributed by atoms with E-state index in [0.29, 0.717) is 22.9 Å². The van der Waals surface area contributed by atoms with Crippen LogP contribution in [0.3, 0.4) is 0 Å². The first kappa shape index (κ1) is 14.7.